The van der Waals surface area contributed by atoms with Crippen LogP contribution in [0.3, 0.4) is 0 Å². The Morgan fingerprint density at radius 1 is 1.29 bits per heavy atom. The van der Waals surface area contributed by atoms with Crippen molar-refractivity contribution in [2.24, 2.45) is 0 Å². The minimum atomic E-state index is -0.637. The minimum absolute atomic E-state index is 0.205. The molecule has 0 bridgehead atoms. The van der Waals surface area contributed by atoms with Crippen LogP contribution < -0.4 is 0 Å². The van der Waals surface area contributed by atoms with Crippen molar-refractivity contribution in [2.45, 2.75) is 19.6 Å². The predicted octanol–water partition coefficient (Wildman–Crippen LogP) is 2.87. The van der Waals surface area contributed by atoms with Gasteiger partial charge in [0, 0.05) is 17.5 Å². The fourth-order valence-electron chi connectivity index (χ4n) is 1.80. The Bertz CT molecular complexity index is 520. The average Bonchev–Trinajstić information content (AvgIpc) is 2.71. The second kappa shape index (κ2) is 4.67. The highest BCUT2D eigenvalue weighted by molar-refractivity contribution is 5.21. The Hall–Kier alpha value is -1.68. The highest BCUT2D eigenvalue weighted by atomic mass is 19.1. The summed E-state index contributed by atoms with van der Waals surface area (Å²) in [5, 5.41) is 9.51. The van der Waals surface area contributed by atoms with Crippen LogP contribution >= 0.6 is 0 Å². The average molecular weight is 237 g/mol. The maximum atomic E-state index is 13.5. The molecule has 1 N–H and O–H groups in total. The van der Waals surface area contributed by atoms with Gasteiger partial charge >= 0.3 is 0 Å². The van der Waals surface area contributed by atoms with E-state index in [4.69, 9.17) is 0 Å². The molecule has 17 heavy (non-hydrogen) atoms. The molecule has 2 aromatic rings. The summed E-state index contributed by atoms with van der Waals surface area (Å²) in [5.41, 5.74) is 0.941. The molecule has 0 aliphatic rings. The van der Waals surface area contributed by atoms with Gasteiger partial charge in [0.05, 0.1) is 12.6 Å². The maximum absolute atomic E-state index is 13.5. The molecule has 0 amide bonds. The minimum Gasteiger partial charge on any atom is -0.387 e. The van der Waals surface area contributed by atoms with Crippen LogP contribution in [0.25, 0.3) is 0 Å². The van der Waals surface area contributed by atoms with Crippen molar-refractivity contribution in [3.05, 3.63) is 59.4 Å². The molecule has 0 aliphatic heterocycles. The fraction of sp³-hybridized carbons (Fsp3) is 0.231. The van der Waals surface area contributed by atoms with Gasteiger partial charge < -0.3 is 9.67 Å². The standard InChI is InChI=1S/C13H13F2NO/c1-9(17)13-3-2-6-16(13)8-10-7-11(14)4-5-12(10)15/h2-7,9,17H,8H2,1H3. The molecule has 2 rings (SSSR count). The molecule has 0 saturated heterocycles. The zero-order valence-corrected chi connectivity index (χ0v) is 9.40. The number of hydrogen-bond acceptors (Lipinski definition) is 1. The van der Waals surface area contributed by atoms with Crippen molar-refractivity contribution >= 4 is 0 Å². The van der Waals surface area contributed by atoms with Gasteiger partial charge in [0.1, 0.15) is 11.6 Å². The Morgan fingerprint density at radius 3 is 2.76 bits per heavy atom. The van der Waals surface area contributed by atoms with E-state index in [9.17, 15) is 13.9 Å². The van der Waals surface area contributed by atoms with Crippen molar-refractivity contribution in [2.75, 3.05) is 0 Å². The lowest BCUT2D eigenvalue weighted by Crippen LogP contribution is -2.07. The summed E-state index contributed by atoms with van der Waals surface area (Å²) in [5.74, 6) is -0.913. The molecule has 90 valence electrons. The monoisotopic (exact) mass is 237 g/mol. The van der Waals surface area contributed by atoms with Crippen LogP contribution in [0.1, 0.15) is 24.3 Å². The van der Waals surface area contributed by atoms with E-state index in [2.05, 4.69) is 0 Å². The molecule has 4 heteroatoms. The maximum Gasteiger partial charge on any atom is 0.128 e. The Balaban J connectivity index is 2.31. The van der Waals surface area contributed by atoms with E-state index in [-0.39, 0.29) is 12.1 Å². The van der Waals surface area contributed by atoms with Crippen molar-refractivity contribution in [1.82, 2.24) is 4.57 Å². The van der Waals surface area contributed by atoms with Gasteiger partial charge in [0.25, 0.3) is 0 Å². The summed E-state index contributed by atoms with van der Waals surface area (Å²) in [7, 11) is 0. The van der Waals surface area contributed by atoms with Crippen LogP contribution in [-0.2, 0) is 6.54 Å². The van der Waals surface area contributed by atoms with Gasteiger partial charge in [0.2, 0.25) is 0 Å². The van der Waals surface area contributed by atoms with Gasteiger partial charge in [-0.25, -0.2) is 8.78 Å². The molecule has 0 fully saturated rings. The normalized spacial score (nSPS) is 12.7. The Morgan fingerprint density at radius 2 is 2.06 bits per heavy atom. The SMILES string of the molecule is CC(O)c1cccn1Cc1cc(F)ccc1F. The van der Waals surface area contributed by atoms with E-state index in [1.807, 2.05) is 0 Å². The van der Waals surface area contributed by atoms with Crippen molar-refractivity contribution < 1.29 is 13.9 Å². The molecule has 1 atom stereocenters. The topological polar surface area (TPSA) is 25.2 Å². The highest BCUT2D eigenvalue weighted by Crippen LogP contribution is 2.17. The van der Waals surface area contributed by atoms with Gasteiger partial charge in [-0.2, -0.15) is 0 Å². The first-order chi connectivity index (χ1) is 8.08. The quantitative estimate of drug-likeness (QED) is 0.872. The number of halogens is 2. The summed E-state index contributed by atoms with van der Waals surface area (Å²) in [6.07, 6.45) is 1.09. The molecule has 2 nitrogen and oxygen atoms in total. The first kappa shape index (κ1) is 11.8. The lowest BCUT2D eigenvalue weighted by atomic mass is 10.2. The summed E-state index contributed by atoms with van der Waals surface area (Å²) in [6, 6.07) is 6.88. The van der Waals surface area contributed by atoms with Gasteiger partial charge in [-0.3, -0.25) is 0 Å². The summed E-state index contributed by atoms with van der Waals surface area (Å²) < 4.78 is 28.2. The number of aliphatic hydroxyl groups excluding tert-OH is 1. The smallest absolute Gasteiger partial charge is 0.128 e. The van der Waals surface area contributed by atoms with E-state index < -0.39 is 17.7 Å². The van der Waals surface area contributed by atoms with Crippen molar-refractivity contribution in [3.8, 4) is 0 Å². The molecule has 1 aromatic heterocycles. The van der Waals surface area contributed by atoms with Gasteiger partial charge in [-0.05, 0) is 37.3 Å². The second-order valence-electron chi connectivity index (χ2n) is 3.97. The first-order valence-electron chi connectivity index (χ1n) is 5.35. The molecular weight excluding hydrogens is 224 g/mol. The molecule has 1 unspecified atom stereocenters. The van der Waals surface area contributed by atoms with Crippen LogP contribution in [0.5, 0.6) is 0 Å². The first-order valence-corrected chi connectivity index (χ1v) is 5.35. The van der Waals surface area contributed by atoms with Gasteiger partial charge in [-0.15, -0.1) is 0 Å². The van der Waals surface area contributed by atoms with E-state index >= 15 is 0 Å². The number of aliphatic hydroxyl groups is 1. The second-order valence-corrected chi connectivity index (χ2v) is 3.97. The van der Waals surface area contributed by atoms with Gasteiger partial charge in [0.15, 0.2) is 0 Å². The third-order valence-electron chi connectivity index (χ3n) is 2.64. The van der Waals surface area contributed by atoms with E-state index in [0.29, 0.717) is 5.69 Å². The largest absolute Gasteiger partial charge is 0.387 e. The summed E-state index contributed by atoms with van der Waals surface area (Å²) in [6.45, 7) is 1.84. The molecule has 0 saturated carbocycles. The molecule has 1 heterocycles. The lowest BCUT2D eigenvalue weighted by molar-refractivity contribution is 0.189. The Labute approximate surface area is 98.1 Å². The van der Waals surface area contributed by atoms with Crippen LogP contribution in [0.15, 0.2) is 36.5 Å². The van der Waals surface area contributed by atoms with E-state index in [1.54, 1.807) is 29.8 Å². The summed E-state index contributed by atoms with van der Waals surface area (Å²) >= 11 is 0. The molecule has 0 radical (unpaired) electrons. The number of aromatic nitrogens is 1. The molecule has 1 aromatic carbocycles. The number of nitrogens with zero attached hydrogens (tertiary/aromatic N) is 1. The lowest BCUT2D eigenvalue weighted by Gasteiger charge is -2.12. The molecule has 0 aliphatic carbocycles. The van der Waals surface area contributed by atoms with Crippen LogP contribution in [0.2, 0.25) is 0 Å². The number of benzene rings is 1. The van der Waals surface area contributed by atoms with Crippen LogP contribution in [0.4, 0.5) is 8.78 Å². The number of hydrogen-bond donors (Lipinski definition) is 1. The zero-order chi connectivity index (χ0) is 12.4. The van der Waals surface area contributed by atoms with Crippen LogP contribution in [0, 0.1) is 11.6 Å². The fourth-order valence-corrected chi connectivity index (χ4v) is 1.80. The highest BCUT2D eigenvalue weighted by Gasteiger charge is 2.09. The number of rotatable bonds is 3. The van der Waals surface area contributed by atoms with E-state index in [0.717, 1.165) is 12.1 Å². The van der Waals surface area contributed by atoms with Crippen molar-refractivity contribution in [3.63, 3.8) is 0 Å². The Kier molecular flexibility index (Phi) is 3.24. The van der Waals surface area contributed by atoms with Crippen molar-refractivity contribution in [1.29, 1.82) is 0 Å². The predicted molar refractivity (Wildman–Crippen MR) is 60.5 cm³/mol. The third kappa shape index (κ3) is 2.53. The van der Waals surface area contributed by atoms with Gasteiger partial charge in [-0.1, -0.05) is 0 Å². The molecular formula is C13H13F2NO. The van der Waals surface area contributed by atoms with Crippen LogP contribution in [-0.4, -0.2) is 9.67 Å². The molecule has 0 spiro atoms. The summed E-state index contributed by atoms with van der Waals surface area (Å²) in [4.78, 5) is 0. The van der Waals surface area contributed by atoms with E-state index in [1.165, 1.54) is 6.07 Å². The third-order valence-corrected chi connectivity index (χ3v) is 2.64. The zero-order valence-electron chi connectivity index (χ0n) is 9.40.